The molecule has 4 saturated carbocycles. The van der Waals surface area contributed by atoms with Crippen LogP contribution in [0.4, 0.5) is 0 Å². The fourth-order valence-corrected chi connectivity index (χ4v) is 7.12. The molecule has 7 rings (SSSR count). The summed E-state index contributed by atoms with van der Waals surface area (Å²) < 4.78 is 7.62. The van der Waals surface area contributed by atoms with Crippen molar-refractivity contribution in [2.45, 2.75) is 50.6 Å². The first-order valence-electron chi connectivity index (χ1n) is 11.7. The number of carbonyl (C=O) groups excluding carboxylic acids is 1. The Labute approximate surface area is 178 Å². The Kier molecular flexibility index (Phi) is 4.61. The van der Waals surface area contributed by atoms with Crippen molar-refractivity contribution < 1.29 is 9.53 Å². The molecule has 5 aliphatic rings. The number of ether oxygens (including phenoxy) is 1. The van der Waals surface area contributed by atoms with E-state index in [2.05, 4.69) is 19.8 Å². The number of nitrogens with zero attached hydrogens (tertiary/aromatic N) is 3. The second kappa shape index (κ2) is 7.34. The van der Waals surface area contributed by atoms with E-state index in [1.54, 1.807) is 0 Å². The number of aromatic nitrogens is 2. The zero-order valence-electron chi connectivity index (χ0n) is 17.7. The number of rotatable bonds is 5. The van der Waals surface area contributed by atoms with E-state index in [4.69, 9.17) is 4.74 Å². The largest absolute Gasteiger partial charge is 0.379 e. The van der Waals surface area contributed by atoms with E-state index in [1.807, 2.05) is 24.5 Å². The van der Waals surface area contributed by atoms with Crippen LogP contribution in [0, 0.1) is 17.8 Å². The van der Waals surface area contributed by atoms with Gasteiger partial charge in [0.2, 0.25) is 0 Å². The number of morpholine rings is 1. The van der Waals surface area contributed by atoms with Crippen LogP contribution in [-0.2, 0) is 11.3 Å². The predicted octanol–water partition coefficient (Wildman–Crippen LogP) is 3.07. The van der Waals surface area contributed by atoms with Gasteiger partial charge in [-0.1, -0.05) is 0 Å². The van der Waals surface area contributed by atoms with Gasteiger partial charge in [-0.15, -0.1) is 0 Å². The molecule has 30 heavy (non-hydrogen) atoms. The molecule has 0 atom stereocenters. The maximum Gasteiger partial charge on any atom is 0.253 e. The van der Waals surface area contributed by atoms with Crippen LogP contribution in [0.15, 0.2) is 24.5 Å². The lowest BCUT2D eigenvalue weighted by Crippen LogP contribution is -2.59. The van der Waals surface area contributed by atoms with Crippen LogP contribution in [0.1, 0.15) is 48.9 Å². The minimum Gasteiger partial charge on any atom is -0.379 e. The molecule has 3 heterocycles. The normalized spacial score (nSPS) is 33.3. The molecule has 1 saturated heterocycles. The molecule has 2 aromatic rings. The highest BCUT2D eigenvalue weighted by Gasteiger charge is 2.51. The molecule has 1 aliphatic heterocycles. The van der Waals surface area contributed by atoms with Gasteiger partial charge in [0.15, 0.2) is 0 Å². The number of pyridine rings is 1. The summed E-state index contributed by atoms with van der Waals surface area (Å²) in [5, 5.41) is 4.52. The van der Waals surface area contributed by atoms with Gasteiger partial charge in [0.05, 0.1) is 18.8 Å². The Hall–Kier alpha value is -1.92. The lowest BCUT2D eigenvalue weighted by Gasteiger charge is -2.56. The van der Waals surface area contributed by atoms with Gasteiger partial charge in [-0.3, -0.25) is 9.69 Å². The monoisotopic (exact) mass is 408 g/mol. The molecule has 0 radical (unpaired) electrons. The van der Waals surface area contributed by atoms with Crippen LogP contribution >= 0.6 is 0 Å². The minimum atomic E-state index is 0.0380. The lowest BCUT2D eigenvalue weighted by molar-refractivity contribution is -0.0166. The van der Waals surface area contributed by atoms with E-state index in [-0.39, 0.29) is 11.4 Å². The highest BCUT2D eigenvalue weighted by Crippen LogP contribution is 2.55. The fraction of sp³-hybridized carbons (Fsp3) is 0.667. The lowest BCUT2D eigenvalue weighted by atomic mass is 9.53. The Morgan fingerprint density at radius 2 is 1.80 bits per heavy atom. The van der Waals surface area contributed by atoms with Crippen molar-refractivity contribution in [3.8, 4) is 0 Å². The van der Waals surface area contributed by atoms with E-state index >= 15 is 0 Å². The molecular formula is C24H32N4O2. The Bertz CT molecular complexity index is 911. The van der Waals surface area contributed by atoms with Gasteiger partial charge in [0, 0.05) is 49.5 Å². The van der Waals surface area contributed by atoms with Crippen molar-refractivity contribution in [3.63, 3.8) is 0 Å². The van der Waals surface area contributed by atoms with Gasteiger partial charge in [-0.2, -0.15) is 0 Å². The average Bonchev–Trinajstić information content (AvgIpc) is 3.11. The highest BCUT2D eigenvalue weighted by molar-refractivity contribution is 6.06. The van der Waals surface area contributed by atoms with Crippen LogP contribution in [0.5, 0.6) is 0 Å². The van der Waals surface area contributed by atoms with Gasteiger partial charge in [0.1, 0.15) is 5.65 Å². The molecule has 5 fully saturated rings. The molecule has 0 unspecified atom stereocenters. The first-order chi connectivity index (χ1) is 14.7. The van der Waals surface area contributed by atoms with Crippen molar-refractivity contribution in [1.29, 1.82) is 0 Å². The van der Waals surface area contributed by atoms with Crippen LogP contribution in [0.2, 0.25) is 0 Å². The molecule has 1 amide bonds. The number of nitrogens with one attached hydrogen (secondary N) is 1. The van der Waals surface area contributed by atoms with Gasteiger partial charge in [0.25, 0.3) is 5.91 Å². The first-order valence-corrected chi connectivity index (χ1v) is 11.7. The zero-order valence-corrected chi connectivity index (χ0v) is 17.7. The molecular weight excluding hydrogens is 376 g/mol. The number of hydrogen-bond donors (Lipinski definition) is 1. The predicted molar refractivity (Wildman–Crippen MR) is 115 cm³/mol. The quantitative estimate of drug-likeness (QED) is 0.826. The van der Waals surface area contributed by atoms with Crippen molar-refractivity contribution in [1.82, 2.24) is 19.8 Å². The Morgan fingerprint density at radius 3 is 2.50 bits per heavy atom. The van der Waals surface area contributed by atoms with Gasteiger partial charge >= 0.3 is 0 Å². The van der Waals surface area contributed by atoms with Crippen molar-refractivity contribution in [2.75, 3.05) is 32.8 Å². The molecule has 2 aromatic heterocycles. The molecule has 160 valence electrons. The summed E-state index contributed by atoms with van der Waals surface area (Å²) in [6.07, 6.45) is 11.6. The second-order valence-electron chi connectivity index (χ2n) is 10.2. The number of fused-ring (bicyclic) bond motifs is 1. The van der Waals surface area contributed by atoms with E-state index in [1.165, 1.54) is 38.5 Å². The summed E-state index contributed by atoms with van der Waals surface area (Å²) >= 11 is 0. The molecule has 4 aliphatic carbocycles. The van der Waals surface area contributed by atoms with E-state index in [0.717, 1.165) is 73.7 Å². The minimum absolute atomic E-state index is 0.0380. The van der Waals surface area contributed by atoms with Gasteiger partial charge in [-0.05, 0) is 68.4 Å². The van der Waals surface area contributed by atoms with E-state index < -0.39 is 0 Å². The summed E-state index contributed by atoms with van der Waals surface area (Å²) in [6.45, 7) is 5.38. The summed E-state index contributed by atoms with van der Waals surface area (Å²) in [6, 6.07) is 3.98. The summed E-state index contributed by atoms with van der Waals surface area (Å²) in [7, 11) is 0. The summed E-state index contributed by atoms with van der Waals surface area (Å²) in [5.41, 5.74) is 1.74. The standard InChI is InChI=1S/C24H32N4O2/c29-23(26-24-13-17-10-18(14-24)12-19(11-17)15-24)21-16-28(22-20(21)2-1-3-25-22)5-4-27-6-8-30-9-7-27/h1-3,16-19H,4-15H2,(H,26,29). The SMILES string of the molecule is O=C(NC12CC3CC(CC(C3)C1)C2)c1cn(CCN2CCOCC2)c2ncccc12. The molecule has 1 N–H and O–H groups in total. The van der Waals surface area contributed by atoms with Gasteiger partial charge in [-0.25, -0.2) is 4.98 Å². The van der Waals surface area contributed by atoms with Crippen molar-refractivity contribution in [2.24, 2.45) is 17.8 Å². The Balaban J connectivity index is 1.23. The second-order valence-corrected chi connectivity index (χ2v) is 10.2. The maximum absolute atomic E-state index is 13.5. The molecule has 4 bridgehead atoms. The third-order valence-corrected chi connectivity index (χ3v) is 8.06. The van der Waals surface area contributed by atoms with Crippen molar-refractivity contribution in [3.05, 3.63) is 30.1 Å². The molecule has 0 spiro atoms. The Morgan fingerprint density at radius 1 is 1.10 bits per heavy atom. The highest BCUT2D eigenvalue weighted by atomic mass is 16.5. The van der Waals surface area contributed by atoms with E-state index in [0.29, 0.717) is 0 Å². The third-order valence-electron chi connectivity index (χ3n) is 8.06. The topological polar surface area (TPSA) is 59.4 Å². The van der Waals surface area contributed by atoms with Crippen LogP contribution < -0.4 is 5.32 Å². The fourth-order valence-electron chi connectivity index (χ4n) is 7.12. The van der Waals surface area contributed by atoms with Crippen LogP contribution in [0.25, 0.3) is 11.0 Å². The number of carbonyl (C=O) groups is 1. The molecule has 0 aromatic carbocycles. The number of hydrogen-bond acceptors (Lipinski definition) is 4. The van der Waals surface area contributed by atoms with Crippen LogP contribution in [-0.4, -0.2) is 58.7 Å². The zero-order chi connectivity index (χ0) is 20.1. The first kappa shape index (κ1) is 18.8. The maximum atomic E-state index is 13.5. The summed E-state index contributed by atoms with van der Waals surface area (Å²) in [4.78, 5) is 20.5. The third kappa shape index (κ3) is 3.34. The van der Waals surface area contributed by atoms with E-state index in [9.17, 15) is 4.79 Å². The van der Waals surface area contributed by atoms with Crippen molar-refractivity contribution >= 4 is 16.9 Å². The molecule has 6 nitrogen and oxygen atoms in total. The molecule has 6 heteroatoms. The smallest absolute Gasteiger partial charge is 0.253 e. The van der Waals surface area contributed by atoms with Gasteiger partial charge < -0.3 is 14.6 Å². The number of amides is 1. The average molecular weight is 409 g/mol. The summed E-state index contributed by atoms with van der Waals surface area (Å²) in [5.74, 6) is 2.58. The van der Waals surface area contributed by atoms with Crippen LogP contribution in [0.3, 0.4) is 0 Å².